The molecule has 1 N–H and O–H groups in total. The predicted octanol–water partition coefficient (Wildman–Crippen LogP) is 1.94. The topological polar surface area (TPSA) is 114 Å². The first kappa shape index (κ1) is 28.9. The fourth-order valence-electron chi connectivity index (χ4n) is 4.41. The van der Waals surface area contributed by atoms with Gasteiger partial charge in [-0.2, -0.15) is 4.31 Å². The molecule has 0 unspecified atom stereocenters. The van der Waals surface area contributed by atoms with Gasteiger partial charge in [-0.3, -0.25) is 9.59 Å². The zero-order chi connectivity index (χ0) is 27.8. The highest BCUT2D eigenvalue weighted by molar-refractivity contribution is 7.89. The van der Waals surface area contributed by atoms with Crippen molar-refractivity contribution in [1.82, 2.24) is 14.5 Å². The van der Waals surface area contributed by atoms with E-state index in [0.717, 1.165) is 12.8 Å². The third-order valence-electron chi connectivity index (χ3n) is 6.76. The zero-order valence-electron chi connectivity index (χ0n) is 21.9. The molecule has 2 aliphatic rings. The van der Waals surface area contributed by atoms with Gasteiger partial charge in [0.05, 0.1) is 24.2 Å². The van der Waals surface area contributed by atoms with Crippen molar-refractivity contribution in [3.05, 3.63) is 59.9 Å². The quantitative estimate of drug-likeness (QED) is 0.445. The van der Waals surface area contributed by atoms with Crippen LogP contribution in [-0.4, -0.2) is 87.6 Å². The normalized spacial score (nSPS) is 18.9. The second kappa shape index (κ2) is 13.3. The summed E-state index contributed by atoms with van der Waals surface area (Å²) in [5.41, 5.74) is 0.654. The van der Waals surface area contributed by atoms with Gasteiger partial charge in [0.25, 0.3) is 5.91 Å². The number of nitrogens with one attached hydrogen (secondary N) is 1. The van der Waals surface area contributed by atoms with Crippen LogP contribution in [0.2, 0.25) is 0 Å². The van der Waals surface area contributed by atoms with Gasteiger partial charge in [0.2, 0.25) is 15.9 Å². The van der Waals surface area contributed by atoms with E-state index in [1.807, 2.05) is 0 Å². The highest BCUT2D eigenvalue weighted by atomic mass is 32.2. The summed E-state index contributed by atoms with van der Waals surface area (Å²) < 4.78 is 56.9. The van der Waals surface area contributed by atoms with Gasteiger partial charge in [0.1, 0.15) is 17.6 Å². The smallest absolute Gasteiger partial charge is 0.261 e. The van der Waals surface area contributed by atoms with Crippen LogP contribution in [0.5, 0.6) is 5.75 Å². The molecule has 2 saturated heterocycles. The average Bonchev–Trinajstić information content (AvgIpc) is 3.48. The monoisotopic (exact) mass is 563 g/mol. The number of hydrogen-bond donors (Lipinski definition) is 1. The Morgan fingerprint density at radius 2 is 1.79 bits per heavy atom. The molecule has 0 saturated carbocycles. The van der Waals surface area contributed by atoms with Crippen molar-refractivity contribution in [3.8, 4) is 5.75 Å². The van der Waals surface area contributed by atoms with E-state index < -0.39 is 27.8 Å². The van der Waals surface area contributed by atoms with Crippen LogP contribution in [0.1, 0.15) is 25.3 Å². The lowest BCUT2D eigenvalue weighted by atomic mass is 10.1. The number of nitrogens with zero attached hydrogens (tertiary/aromatic N) is 2. The van der Waals surface area contributed by atoms with Crippen molar-refractivity contribution in [2.45, 2.75) is 43.4 Å². The average molecular weight is 564 g/mol. The molecule has 0 radical (unpaired) electrons. The second-order valence-electron chi connectivity index (χ2n) is 9.48. The molecule has 0 aromatic heterocycles. The van der Waals surface area contributed by atoms with Crippen molar-refractivity contribution in [2.24, 2.45) is 0 Å². The molecule has 2 amide bonds. The summed E-state index contributed by atoms with van der Waals surface area (Å²) in [5.74, 6) is -0.884. The molecule has 2 aliphatic heterocycles. The molecule has 212 valence electrons. The number of morpholine rings is 1. The maximum Gasteiger partial charge on any atom is 0.261 e. The predicted molar refractivity (Wildman–Crippen MR) is 140 cm³/mol. The minimum Gasteiger partial charge on any atom is -0.484 e. The highest BCUT2D eigenvalue weighted by Crippen LogP contribution is 2.21. The van der Waals surface area contributed by atoms with Gasteiger partial charge in [-0.25, -0.2) is 12.8 Å². The highest BCUT2D eigenvalue weighted by Gasteiger charge is 2.28. The Hall–Kier alpha value is -3.06. The number of hydrogen-bond acceptors (Lipinski definition) is 7. The van der Waals surface area contributed by atoms with Gasteiger partial charge >= 0.3 is 0 Å². The van der Waals surface area contributed by atoms with Crippen molar-refractivity contribution in [2.75, 3.05) is 46.1 Å². The number of ether oxygens (including phenoxy) is 3. The Kier molecular flexibility index (Phi) is 9.89. The lowest BCUT2D eigenvalue weighted by Crippen LogP contribution is -2.50. The Morgan fingerprint density at radius 3 is 2.44 bits per heavy atom. The largest absolute Gasteiger partial charge is 0.484 e. The molecule has 0 bridgehead atoms. The molecule has 0 aliphatic carbocycles. The van der Waals surface area contributed by atoms with E-state index in [1.54, 1.807) is 19.1 Å². The fourth-order valence-corrected chi connectivity index (χ4v) is 5.82. The number of carbonyl (C=O) groups excluding carboxylic acids is 2. The lowest BCUT2D eigenvalue weighted by molar-refractivity contribution is -0.142. The minimum absolute atomic E-state index is 0.0410. The van der Waals surface area contributed by atoms with Crippen LogP contribution in [0.15, 0.2) is 53.4 Å². The molecule has 0 spiro atoms. The summed E-state index contributed by atoms with van der Waals surface area (Å²) >= 11 is 0. The van der Waals surface area contributed by atoms with Crippen LogP contribution in [0, 0.1) is 5.82 Å². The van der Waals surface area contributed by atoms with Crippen LogP contribution in [0.4, 0.5) is 4.39 Å². The molecule has 2 aromatic rings. The van der Waals surface area contributed by atoms with E-state index in [-0.39, 0.29) is 30.1 Å². The second-order valence-corrected chi connectivity index (χ2v) is 11.4. The van der Waals surface area contributed by atoms with E-state index in [2.05, 4.69) is 5.32 Å². The number of carbonyl (C=O) groups is 2. The molecule has 2 heterocycles. The Bertz CT molecular complexity index is 1210. The van der Waals surface area contributed by atoms with Crippen LogP contribution in [0.25, 0.3) is 0 Å². The Morgan fingerprint density at radius 1 is 1.10 bits per heavy atom. The summed E-state index contributed by atoms with van der Waals surface area (Å²) in [7, 11) is -3.65. The molecule has 2 fully saturated rings. The third-order valence-corrected chi connectivity index (χ3v) is 8.67. The Balaban J connectivity index is 1.40. The van der Waals surface area contributed by atoms with Crippen LogP contribution >= 0.6 is 0 Å². The maximum atomic E-state index is 13.4. The van der Waals surface area contributed by atoms with Gasteiger partial charge in [-0.15, -0.1) is 0 Å². The standard InChI is InChI=1S/C27H34FN3O7S/c1-20(27(33)29-17-24-3-2-14-37-24)31(18-21-4-6-22(28)7-5-21)26(32)19-38-23-8-10-25(11-9-23)39(34,35)30-12-15-36-16-13-30/h4-11,20,24H,2-3,12-19H2,1H3,(H,29,33)/t20-,24-/m0/s1. The van der Waals surface area contributed by atoms with E-state index in [4.69, 9.17) is 14.2 Å². The van der Waals surface area contributed by atoms with Gasteiger partial charge in [-0.1, -0.05) is 12.1 Å². The number of sulfonamides is 1. The first-order chi connectivity index (χ1) is 18.7. The molecule has 4 rings (SSSR count). The first-order valence-electron chi connectivity index (χ1n) is 13.0. The van der Waals surface area contributed by atoms with Gasteiger partial charge in [-0.05, 0) is 61.7 Å². The third kappa shape index (κ3) is 7.75. The minimum atomic E-state index is -3.65. The van der Waals surface area contributed by atoms with E-state index in [0.29, 0.717) is 50.8 Å². The summed E-state index contributed by atoms with van der Waals surface area (Å²) in [4.78, 5) is 27.6. The van der Waals surface area contributed by atoms with Crippen LogP contribution in [0.3, 0.4) is 0 Å². The number of halogens is 1. The van der Waals surface area contributed by atoms with Crippen LogP contribution < -0.4 is 10.1 Å². The molecule has 2 atom stereocenters. The van der Waals surface area contributed by atoms with E-state index in [1.165, 1.54) is 45.6 Å². The van der Waals surface area contributed by atoms with E-state index >= 15 is 0 Å². The van der Waals surface area contributed by atoms with Crippen LogP contribution in [-0.2, 0) is 35.6 Å². The first-order valence-corrected chi connectivity index (χ1v) is 14.4. The summed E-state index contributed by atoms with van der Waals surface area (Å²) in [5, 5.41) is 2.85. The molecular formula is C27H34FN3O7S. The number of rotatable bonds is 11. The zero-order valence-corrected chi connectivity index (χ0v) is 22.7. The summed E-state index contributed by atoms with van der Waals surface area (Å²) in [6.07, 6.45) is 1.77. The number of benzene rings is 2. The SMILES string of the molecule is C[C@@H](C(=O)NC[C@@H]1CCCO1)N(Cc1ccc(F)cc1)C(=O)COc1ccc(S(=O)(=O)N2CCOCC2)cc1. The molecule has 2 aromatic carbocycles. The molecule has 12 heteroatoms. The lowest BCUT2D eigenvalue weighted by Gasteiger charge is -2.29. The van der Waals surface area contributed by atoms with Crippen molar-refractivity contribution in [3.63, 3.8) is 0 Å². The van der Waals surface area contributed by atoms with Gasteiger partial charge in [0, 0.05) is 32.8 Å². The molecular weight excluding hydrogens is 529 g/mol. The Labute approximate surface area is 228 Å². The summed E-state index contributed by atoms with van der Waals surface area (Å²) in [6, 6.07) is 10.7. The maximum absolute atomic E-state index is 13.4. The molecule has 10 nitrogen and oxygen atoms in total. The van der Waals surface area contributed by atoms with Crippen molar-refractivity contribution < 1.29 is 36.6 Å². The van der Waals surface area contributed by atoms with Gasteiger partial charge < -0.3 is 24.4 Å². The van der Waals surface area contributed by atoms with E-state index in [9.17, 15) is 22.4 Å². The van der Waals surface area contributed by atoms with Crippen molar-refractivity contribution in [1.29, 1.82) is 0 Å². The van der Waals surface area contributed by atoms with Crippen molar-refractivity contribution >= 4 is 21.8 Å². The van der Waals surface area contributed by atoms with Gasteiger partial charge in [0.15, 0.2) is 6.61 Å². The fraction of sp³-hybridized carbons (Fsp3) is 0.481. The summed E-state index contributed by atoms with van der Waals surface area (Å²) in [6.45, 7) is 3.63. The number of amides is 2. The molecule has 39 heavy (non-hydrogen) atoms.